The second-order valence-electron chi connectivity index (χ2n) is 9.49. The second kappa shape index (κ2) is 10.2. The van der Waals surface area contributed by atoms with E-state index in [-0.39, 0.29) is 17.6 Å². The molecule has 1 fully saturated rings. The van der Waals surface area contributed by atoms with Crippen LogP contribution in [0, 0.1) is 12.8 Å². The van der Waals surface area contributed by atoms with Crippen molar-refractivity contribution in [2.24, 2.45) is 5.92 Å². The summed E-state index contributed by atoms with van der Waals surface area (Å²) in [6.07, 6.45) is 5.20. The lowest BCUT2D eigenvalue weighted by Gasteiger charge is -2.29. The normalized spacial score (nSPS) is 17.8. The van der Waals surface area contributed by atoms with Crippen LogP contribution in [0.4, 0.5) is 5.69 Å². The van der Waals surface area contributed by atoms with Crippen molar-refractivity contribution in [2.45, 2.75) is 45.2 Å². The third-order valence-electron chi connectivity index (χ3n) is 7.17. The summed E-state index contributed by atoms with van der Waals surface area (Å²) in [6.45, 7) is 2.48. The van der Waals surface area contributed by atoms with Gasteiger partial charge < -0.3 is 10.6 Å². The first-order valence-corrected chi connectivity index (χ1v) is 12.7. The smallest absolute Gasteiger partial charge is 0.333 e. The molecule has 0 spiro atoms. The number of nitrogens with zero attached hydrogens (tertiary/aromatic N) is 3. The van der Waals surface area contributed by atoms with Gasteiger partial charge in [-0.2, -0.15) is 0 Å². The third kappa shape index (κ3) is 4.75. The summed E-state index contributed by atoms with van der Waals surface area (Å²) in [7, 11) is 1.88. The summed E-state index contributed by atoms with van der Waals surface area (Å²) in [5, 5.41) is 6.72. The molecular weight excluding hydrogens is 474 g/mol. The van der Waals surface area contributed by atoms with Gasteiger partial charge in [0.05, 0.1) is 33.0 Å². The van der Waals surface area contributed by atoms with E-state index in [4.69, 9.17) is 11.6 Å². The van der Waals surface area contributed by atoms with E-state index in [9.17, 15) is 9.59 Å². The Balaban J connectivity index is 1.30. The van der Waals surface area contributed by atoms with Crippen molar-refractivity contribution in [3.05, 3.63) is 87.6 Å². The summed E-state index contributed by atoms with van der Waals surface area (Å²) < 4.78 is 3.70. The van der Waals surface area contributed by atoms with Crippen LogP contribution >= 0.6 is 11.6 Å². The summed E-state index contributed by atoms with van der Waals surface area (Å²) in [6, 6.07) is 17.6. The number of para-hydroxylation sites is 2. The Bertz CT molecular complexity index is 1450. The molecule has 36 heavy (non-hydrogen) atoms. The van der Waals surface area contributed by atoms with Crippen molar-refractivity contribution >= 4 is 34.2 Å². The number of hydrogen-bond acceptors (Lipinski definition) is 4. The van der Waals surface area contributed by atoms with Crippen molar-refractivity contribution < 1.29 is 4.79 Å². The van der Waals surface area contributed by atoms with Crippen molar-refractivity contribution in [1.82, 2.24) is 19.4 Å². The minimum absolute atomic E-state index is 0.0206. The quantitative estimate of drug-likeness (QED) is 0.380. The van der Waals surface area contributed by atoms with Crippen LogP contribution in [0.5, 0.6) is 0 Å². The number of aromatic nitrogens is 3. The highest BCUT2D eigenvalue weighted by atomic mass is 35.5. The van der Waals surface area contributed by atoms with Gasteiger partial charge in [-0.15, -0.1) is 0 Å². The SMILES string of the molecule is CNc1ccc(-n2c(=O)n(CC3CCC(NC(=O)c4cc(Cl)cnc4C)CC3)c3ccccc32)cc1. The first kappa shape index (κ1) is 24.1. The van der Waals surface area contributed by atoms with Gasteiger partial charge in [-0.3, -0.25) is 18.9 Å². The Morgan fingerprint density at radius 2 is 1.75 bits per heavy atom. The van der Waals surface area contributed by atoms with E-state index in [0.29, 0.717) is 28.7 Å². The van der Waals surface area contributed by atoms with Gasteiger partial charge in [-0.25, -0.2) is 4.79 Å². The molecule has 4 aromatic rings. The fourth-order valence-electron chi connectivity index (χ4n) is 5.16. The minimum atomic E-state index is -0.130. The predicted octanol–water partition coefficient (Wildman–Crippen LogP) is 5.18. The van der Waals surface area contributed by atoms with Crippen molar-refractivity contribution in [3.8, 4) is 5.69 Å². The molecule has 2 aromatic carbocycles. The summed E-state index contributed by atoms with van der Waals surface area (Å²) in [4.78, 5) is 30.5. The van der Waals surface area contributed by atoms with Crippen molar-refractivity contribution in [2.75, 3.05) is 12.4 Å². The van der Waals surface area contributed by atoms with Crippen LogP contribution in [-0.4, -0.2) is 33.1 Å². The molecule has 0 bridgehead atoms. The zero-order valence-electron chi connectivity index (χ0n) is 20.5. The number of pyridine rings is 1. The third-order valence-corrected chi connectivity index (χ3v) is 7.38. The minimum Gasteiger partial charge on any atom is -0.388 e. The van der Waals surface area contributed by atoms with E-state index in [1.54, 1.807) is 16.8 Å². The maximum Gasteiger partial charge on any atom is 0.333 e. The number of amides is 1. The molecule has 186 valence electrons. The van der Waals surface area contributed by atoms with E-state index < -0.39 is 0 Å². The van der Waals surface area contributed by atoms with Crippen molar-refractivity contribution in [1.29, 1.82) is 0 Å². The Labute approximate surface area is 215 Å². The second-order valence-corrected chi connectivity index (χ2v) is 9.93. The molecular formula is C28H30ClN5O2. The van der Waals surface area contributed by atoms with Crippen LogP contribution < -0.4 is 16.3 Å². The molecule has 1 aliphatic carbocycles. The number of benzene rings is 2. The summed E-state index contributed by atoms with van der Waals surface area (Å²) in [5.41, 5.74) is 4.87. The molecule has 0 radical (unpaired) electrons. The molecule has 1 aliphatic rings. The van der Waals surface area contributed by atoms with Crippen LogP contribution in [-0.2, 0) is 6.54 Å². The number of nitrogens with one attached hydrogen (secondary N) is 2. The molecule has 2 aromatic heterocycles. The Hall–Kier alpha value is -3.58. The zero-order chi connectivity index (χ0) is 25.2. The number of hydrogen-bond donors (Lipinski definition) is 2. The molecule has 1 amide bonds. The lowest BCUT2D eigenvalue weighted by Crippen LogP contribution is -2.39. The average molecular weight is 504 g/mol. The maximum atomic E-state index is 13.6. The highest BCUT2D eigenvalue weighted by Crippen LogP contribution is 2.28. The number of rotatable bonds is 6. The molecule has 8 heteroatoms. The van der Waals surface area contributed by atoms with Gasteiger partial charge in [0.2, 0.25) is 0 Å². The van der Waals surface area contributed by atoms with Gasteiger partial charge >= 0.3 is 5.69 Å². The van der Waals surface area contributed by atoms with Gasteiger partial charge in [0.15, 0.2) is 0 Å². The number of halogens is 1. The fourth-order valence-corrected chi connectivity index (χ4v) is 5.32. The molecule has 5 rings (SSSR count). The highest BCUT2D eigenvalue weighted by molar-refractivity contribution is 6.30. The fraction of sp³-hybridized carbons (Fsp3) is 0.321. The Morgan fingerprint density at radius 1 is 1.06 bits per heavy atom. The highest BCUT2D eigenvalue weighted by Gasteiger charge is 2.25. The molecule has 0 aliphatic heterocycles. The van der Waals surface area contributed by atoms with E-state index >= 15 is 0 Å². The summed E-state index contributed by atoms with van der Waals surface area (Å²) in [5.74, 6) is 0.242. The first-order chi connectivity index (χ1) is 17.4. The van der Waals surface area contributed by atoms with Crippen LogP contribution in [0.15, 0.2) is 65.6 Å². The first-order valence-electron chi connectivity index (χ1n) is 12.4. The van der Waals surface area contributed by atoms with Gasteiger partial charge in [0.1, 0.15) is 0 Å². The molecule has 2 heterocycles. The van der Waals surface area contributed by atoms with E-state index in [0.717, 1.165) is 48.1 Å². The zero-order valence-corrected chi connectivity index (χ0v) is 21.3. The lowest BCUT2D eigenvalue weighted by atomic mass is 9.85. The van der Waals surface area contributed by atoms with Gasteiger partial charge in [0, 0.05) is 31.5 Å². The van der Waals surface area contributed by atoms with Crippen LogP contribution in [0.3, 0.4) is 0 Å². The molecule has 0 saturated heterocycles. The van der Waals surface area contributed by atoms with Crippen LogP contribution in [0.1, 0.15) is 41.7 Å². The predicted molar refractivity (Wildman–Crippen MR) is 144 cm³/mol. The molecule has 0 unspecified atom stereocenters. The van der Waals surface area contributed by atoms with Crippen LogP contribution in [0.25, 0.3) is 16.7 Å². The standard InChI is InChI=1S/C28H30ClN5O2/c1-18-24(15-20(29)16-31-18)27(35)32-22-9-7-19(8-10-22)17-33-25-5-3-4-6-26(25)34(28(33)36)23-13-11-21(30-2)12-14-23/h3-6,11-16,19,22,30H,7-10,17H2,1-2H3,(H,32,35). The number of aryl methyl sites for hydroxylation is 1. The lowest BCUT2D eigenvalue weighted by molar-refractivity contribution is 0.0919. The molecule has 1 saturated carbocycles. The van der Waals surface area contributed by atoms with Crippen LogP contribution in [0.2, 0.25) is 5.02 Å². The number of fused-ring (bicyclic) bond motifs is 1. The number of carbonyl (C=O) groups is 1. The van der Waals surface area contributed by atoms with Gasteiger partial charge in [-0.05, 0) is 81.0 Å². The molecule has 2 N–H and O–H groups in total. The number of imidazole rings is 1. The summed E-state index contributed by atoms with van der Waals surface area (Å²) >= 11 is 6.03. The average Bonchev–Trinajstić information content (AvgIpc) is 3.17. The Kier molecular flexibility index (Phi) is 6.83. The van der Waals surface area contributed by atoms with Gasteiger partial charge in [0.25, 0.3) is 5.91 Å². The van der Waals surface area contributed by atoms with E-state index in [1.807, 2.05) is 67.1 Å². The molecule has 0 atom stereocenters. The van der Waals surface area contributed by atoms with E-state index in [1.165, 1.54) is 0 Å². The molecule has 7 nitrogen and oxygen atoms in total. The van der Waals surface area contributed by atoms with Crippen molar-refractivity contribution in [3.63, 3.8) is 0 Å². The topological polar surface area (TPSA) is 81.0 Å². The van der Waals surface area contributed by atoms with Gasteiger partial charge in [-0.1, -0.05) is 23.7 Å². The maximum absolute atomic E-state index is 13.6. The Morgan fingerprint density at radius 3 is 2.44 bits per heavy atom. The number of carbonyl (C=O) groups excluding carboxylic acids is 1. The monoisotopic (exact) mass is 503 g/mol. The van der Waals surface area contributed by atoms with E-state index in [2.05, 4.69) is 15.6 Å². The number of anilines is 1. The largest absolute Gasteiger partial charge is 0.388 e.